The van der Waals surface area contributed by atoms with E-state index in [1.807, 2.05) is 48.5 Å². The van der Waals surface area contributed by atoms with Crippen LogP contribution in [0.15, 0.2) is 79.0 Å². The van der Waals surface area contributed by atoms with Crippen molar-refractivity contribution >= 4 is 28.1 Å². The number of hydrogen-bond acceptors (Lipinski definition) is 8. The Hall–Kier alpha value is -3.78. The van der Waals surface area contributed by atoms with Crippen LogP contribution in [0.3, 0.4) is 0 Å². The molecule has 0 bridgehead atoms. The lowest BCUT2D eigenvalue weighted by Crippen LogP contribution is -2.21. The van der Waals surface area contributed by atoms with E-state index < -0.39 is 12.1 Å². The van der Waals surface area contributed by atoms with Crippen LogP contribution in [-0.2, 0) is 9.53 Å². The molecule has 150 valence electrons. The van der Waals surface area contributed by atoms with Gasteiger partial charge in [-0.1, -0.05) is 47.7 Å². The zero-order valence-electron chi connectivity index (χ0n) is 16.1. The summed E-state index contributed by atoms with van der Waals surface area (Å²) in [5.41, 5.74) is 2.11. The van der Waals surface area contributed by atoms with Crippen molar-refractivity contribution in [2.75, 3.05) is 12.4 Å². The molecule has 1 N–H and O–H groups in total. The fourth-order valence-electron chi connectivity index (χ4n) is 2.77. The molecule has 7 nitrogen and oxygen atoms in total. The maximum absolute atomic E-state index is 12.3. The van der Waals surface area contributed by atoms with Gasteiger partial charge in [0, 0.05) is 11.9 Å². The van der Waals surface area contributed by atoms with Gasteiger partial charge in [0.1, 0.15) is 5.75 Å². The molecule has 2 aromatic carbocycles. The van der Waals surface area contributed by atoms with E-state index in [1.165, 1.54) is 18.4 Å². The van der Waals surface area contributed by atoms with Gasteiger partial charge in [0.2, 0.25) is 11.2 Å². The monoisotopic (exact) mass is 418 g/mol. The van der Waals surface area contributed by atoms with E-state index in [0.29, 0.717) is 21.6 Å². The second-order valence-corrected chi connectivity index (χ2v) is 7.15. The molecule has 0 fully saturated rings. The van der Waals surface area contributed by atoms with Gasteiger partial charge in [0.15, 0.2) is 5.01 Å². The molecular formula is C22H18N4O3S. The number of hydrogen-bond donors (Lipinski definition) is 1. The first-order valence-corrected chi connectivity index (χ1v) is 9.96. The van der Waals surface area contributed by atoms with Crippen LogP contribution in [-0.4, -0.2) is 28.3 Å². The SMILES string of the molecule is COC(=O)C(Oc1ccccc1-c1nnc(Nc2ccccc2)s1)c1ccccn1. The highest BCUT2D eigenvalue weighted by Crippen LogP contribution is 2.36. The van der Waals surface area contributed by atoms with Gasteiger partial charge in [-0.15, -0.1) is 10.2 Å². The Morgan fingerprint density at radius 1 is 0.967 bits per heavy atom. The first-order chi connectivity index (χ1) is 14.7. The molecule has 1 atom stereocenters. The first-order valence-electron chi connectivity index (χ1n) is 9.15. The van der Waals surface area contributed by atoms with Gasteiger partial charge in [-0.05, 0) is 36.4 Å². The number of carbonyl (C=O) groups excluding carboxylic acids is 1. The van der Waals surface area contributed by atoms with Crippen LogP contribution in [0.1, 0.15) is 11.8 Å². The number of aromatic nitrogens is 3. The first kappa shape index (κ1) is 19.5. The molecule has 0 aliphatic carbocycles. The Bertz CT molecular complexity index is 1120. The van der Waals surface area contributed by atoms with E-state index in [2.05, 4.69) is 20.5 Å². The Balaban J connectivity index is 1.62. The maximum atomic E-state index is 12.3. The maximum Gasteiger partial charge on any atom is 0.353 e. The molecule has 30 heavy (non-hydrogen) atoms. The third kappa shape index (κ3) is 4.44. The van der Waals surface area contributed by atoms with E-state index in [1.54, 1.807) is 30.5 Å². The van der Waals surface area contributed by atoms with Crippen LogP contribution < -0.4 is 10.1 Å². The quantitative estimate of drug-likeness (QED) is 0.438. The third-order valence-corrected chi connectivity index (χ3v) is 5.06. The Kier molecular flexibility index (Phi) is 5.95. The smallest absolute Gasteiger partial charge is 0.353 e. The molecule has 0 aliphatic rings. The van der Waals surface area contributed by atoms with Crippen molar-refractivity contribution in [1.82, 2.24) is 15.2 Å². The van der Waals surface area contributed by atoms with Gasteiger partial charge >= 0.3 is 5.97 Å². The van der Waals surface area contributed by atoms with E-state index in [9.17, 15) is 4.79 Å². The molecule has 2 aromatic heterocycles. The standard InChI is InChI=1S/C22H18N4O3S/c1-28-21(27)19(17-12-7-8-14-23-17)29-18-13-6-5-11-16(18)20-25-26-22(30-20)24-15-9-3-2-4-10-15/h2-14,19H,1H3,(H,24,26). The van der Waals surface area contributed by atoms with Crippen molar-refractivity contribution in [2.24, 2.45) is 0 Å². The summed E-state index contributed by atoms with van der Waals surface area (Å²) in [4.78, 5) is 16.6. The predicted octanol–water partition coefficient (Wildman–Crippen LogP) is 4.64. The van der Waals surface area contributed by atoms with Crippen LogP contribution >= 0.6 is 11.3 Å². The minimum absolute atomic E-state index is 0.461. The molecule has 0 amide bonds. The van der Waals surface area contributed by atoms with Crippen LogP contribution in [0, 0.1) is 0 Å². The highest BCUT2D eigenvalue weighted by Gasteiger charge is 2.26. The average molecular weight is 418 g/mol. The number of methoxy groups -OCH3 is 1. The summed E-state index contributed by atoms with van der Waals surface area (Å²) in [5.74, 6) is -0.0480. The van der Waals surface area contributed by atoms with Crippen molar-refractivity contribution in [2.45, 2.75) is 6.10 Å². The number of ether oxygens (including phenoxy) is 2. The van der Waals surface area contributed by atoms with Crippen molar-refractivity contribution in [3.63, 3.8) is 0 Å². The number of nitrogens with zero attached hydrogens (tertiary/aromatic N) is 3. The Morgan fingerprint density at radius 2 is 1.73 bits per heavy atom. The van der Waals surface area contributed by atoms with Crippen LogP contribution in [0.2, 0.25) is 0 Å². The fraction of sp³-hybridized carbons (Fsp3) is 0.0909. The van der Waals surface area contributed by atoms with Crippen molar-refractivity contribution < 1.29 is 14.3 Å². The molecular weight excluding hydrogens is 400 g/mol. The summed E-state index contributed by atoms with van der Waals surface area (Å²) in [5, 5.41) is 13.0. The lowest BCUT2D eigenvalue weighted by molar-refractivity contribution is -0.149. The van der Waals surface area contributed by atoms with E-state index in [4.69, 9.17) is 9.47 Å². The molecule has 0 saturated heterocycles. The van der Waals surface area contributed by atoms with E-state index in [0.717, 1.165) is 11.3 Å². The number of rotatable bonds is 7. The highest BCUT2D eigenvalue weighted by atomic mass is 32.1. The number of pyridine rings is 1. The van der Waals surface area contributed by atoms with Gasteiger partial charge in [-0.2, -0.15) is 0 Å². The van der Waals surface area contributed by atoms with Crippen molar-refractivity contribution in [3.8, 4) is 16.3 Å². The Labute approximate surface area is 177 Å². The molecule has 0 spiro atoms. The number of carbonyl (C=O) groups is 1. The Morgan fingerprint density at radius 3 is 2.50 bits per heavy atom. The van der Waals surface area contributed by atoms with Gasteiger partial charge in [0.25, 0.3) is 0 Å². The largest absolute Gasteiger partial charge is 0.472 e. The van der Waals surface area contributed by atoms with Gasteiger partial charge < -0.3 is 14.8 Å². The minimum Gasteiger partial charge on any atom is -0.472 e. The topological polar surface area (TPSA) is 86.2 Å². The van der Waals surface area contributed by atoms with Gasteiger partial charge in [-0.25, -0.2) is 4.79 Å². The summed E-state index contributed by atoms with van der Waals surface area (Å²) in [6.07, 6.45) is 0.611. The number of anilines is 2. The lowest BCUT2D eigenvalue weighted by atomic mass is 10.2. The van der Waals surface area contributed by atoms with Crippen molar-refractivity contribution in [3.05, 3.63) is 84.7 Å². The zero-order valence-corrected chi connectivity index (χ0v) is 16.9. The number of para-hydroxylation sites is 2. The van der Waals surface area contributed by atoms with E-state index >= 15 is 0 Å². The summed E-state index contributed by atoms with van der Waals surface area (Å²) in [6.45, 7) is 0. The lowest BCUT2D eigenvalue weighted by Gasteiger charge is -2.18. The number of benzene rings is 2. The number of nitrogens with one attached hydrogen (secondary N) is 1. The molecule has 4 aromatic rings. The normalized spacial score (nSPS) is 11.5. The second-order valence-electron chi connectivity index (χ2n) is 6.18. The summed E-state index contributed by atoms with van der Waals surface area (Å²) in [6, 6.07) is 22.4. The molecule has 0 aliphatic heterocycles. The molecule has 8 heteroatoms. The third-order valence-electron chi connectivity index (χ3n) is 4.18. The molecule has 0 radical (unpaired) electrons. The summed E-state index contributed by atoms with van der Waals surface area (Å²) >= 11 is 1.39. The van der Waals surface area contributed by atoms with Crippen LogP contribution in [0.5, 0.6) is 5.75 Å². The summed E-state index contributed by atoms with van der Waals surface area (Å²) < 4.78 is 11.0. The molecule has 4 rings (SSSR count). The molecule has 0 saturated carbocycles. The van der Waals surface area contributed by atoms with Crippen LogP contribution in [0.25, 0.3) is 10.6 Å². The highest BCUT2D eigenvalue weighted by molar-refractivity contribution is 7.18. The van der Waals surface area contributed by atoms with Crippen molar-refractivity contribution in [1.29, 1.82) is 0 Å². The van der Waals surface area contributed by atoms with E-state index in [-0.39, 0.29) is 0 Å². The second kappa shape index (κ2) is 9.15. The molecule has 2 heterocycles. The van der Waals surface area contributed by atoms with Crippen LogP contribution in [0.4, 0.5) is 10.8 Å². The minimum atomic E-state index is -0.993. The molecule has 1 unspecified atom stereocenters. The zero-order chi connectivity index (χ0) is 20.8. The average Bonchev–Trinajstić information content (AvgIpc) is 3.26. The predicted molar refractivity (Wildman–Crippen MR) is 115 cm³/mol. The fourth-order valence-corrected chi connectivity index (χ4v) is 3.56. The number of esters is 1. The summed E-state index contributed by atoms with van der Waals surface area (Å²) in [7, 11) is 1.32. The van der Waals surface area contributed by atoms with Gasteiger partial charge in [-0.3, -0.25) is 4.98 Å². The van der Waals surface area contributed by atoms with Gasteiger partial charge in [0.05, 0.1) is 18.4 Å².